The molecule has 0 bridgehead atoms. The lowest BCUT2D eigenvalue weighted by molar-refractivity contribution is 0.0412. The highest BCUT2D eigenvalue weighted by atomic mass is 32.1. The fraction of sp³-hybridized carbons (Fsp3) is 0.312. The Labute approximate surface area is 122 Å². The molecule has 1 unspecified atom stereocenters. The molecule has 0 saturated carbocycles. The van der Waals surface area contributed by atoms with Gasteiger partial charge in [0.25, 0.3) is 5.91 Å². The molecule has 1 aromatic carbocycles. The van der Waals surface area contributed by atoms with Crippen LogP contribution in [0.1, 0.15) is 31.8 Å². The minimum absolute atomic E-state index is 0.0187. The average Bonchev–Trinajstić information content (AvgIpc) is 2.91. The maximum absolute atomic E-state index is 12.1. The summed E-state index contributed by atoms with van der Waals surface area (Å²) in [5.74, 6) is -0.0187. The van der Waals surface area contributed by atoms with Crippen molar-refractivity contribution in [1.82, 2.24) is 5.32 Å². The first-order valence-electron chi connectivity index (χ1n) is 6.78. The third-order valence-corrected chi connectivity index (χ3v) is 4.50. The van der Waals surface area contributed by atoms with Gasteiger partial charge in [-0.15, -0.1) is 11.3 Å². The SMILES string of the molecule is Cc1ccc(C(=O)NCC2OCCc3ccccc32)s1. The summed E-state index contributed by atoms with van der Waals surface area (Å²) in [5.41, 5.74) is 2.52. The zero-order valence-corrected chi connectivity index (χ0v) is 12.2. The second kappa shape index (κ2) is 5.77. The predicted octanol–water partition coefficient (Wildman–Crippen LogP) is 3.10. The molecular weight excluding hydrogens is 270 g/mol. The second-order valence-corrected chi connectivity index (χ2v) is 6.22. The van der Waals surface area contributed by atoms with Gasteiger partial charge in [0.15, 0.2) is 0 Å². The molecule has 2 heterocycles. The van der Waals surface area contributed by atoms with E-state index in [4.69, 9.17) is 4.74 Å². The van der Waals surface area contributed by atoms with Gasteiger partial charge in [-0.25, -0.2) is 0 Å². The molecule has 3 rings (SSSR count). The van der Waals surface area contributed by atoms with Crippen molar-refractivity contribution in [2.75, 3.05) is 13.2 Å². The third-order valence-electron chi connectivity index (χ3n) is 3.50. The Hall–Kier alpha value is -1.65. The molecule has 1 aliphatic rings. The van der Waals surface area contributed by atoms with Crippen LogP contribution in [-0.4, -0.2) is 19.1 Å². The zero-order valence-electron chi connectivity index (χ0n) is 11.4. The maximum Gasteiger partial charge on any atom is 0.261 e. The number of carbonyl (C=O) groups is 1. The van der Waals surface area contributed by atoms with Crippen LogP contribution in [0.4, 0.5) is 0 Å². The Morgan fingerprint density at radius 3 is 3.00 bits per heavy atom. The van der Waals surface area contributed by atoms with Gasteiger partial charge in [-0.1, -0.05) is 24.3 Å². The standard InChI is InChI=1S/C16H17NO2S/c1-11-6-7-15(20-11)16(18)17-10-14-13-5-3-2-4-12(13)8-9-19-14/h2-7,14H,8-10H2,1H3,(H,17,18). The molecule has 104 valence electrons. The Kier molecular flexibility index (Phi) is 3.85. The maximum atomic E-state index is 12.1. The van der Waals surface area contributed by atoms with Crippen molar-refractivity contribution in [1.29, 1.82) is 0 Å². The van der Waals surface area contributed by atoms with Crippen molar-refractivity contribution in [3.05, 3.63) is 57.3 Å². The Balaban J connectivity index is 1.66. The van der Waals surface area contributed by atoms with Gasteiger partial charge in [-0.3, -0.25) is 4.79 Å². The fourth-order valence-electron chi connectivity index (χ4n) is 2.47. The Morgan fingerprint density at radius 1 is 1.35 bits per heavy atom. The molecule has 4 heteroatoms. The third kappa shape index (κ3) is 2.76. The quantitative estimate of drug-likeness (QED) is 0.942. The highest BCUT2D eigenvalue weighted by Crippen LogP contribution is 2.26. The van der Waals surface area contributed by atoms with Crippen LogP contribution in [0, 0.1) is 6.92 Å². The molecule has 0 saturated heterocycles. The molecular formula is C16H17NO2S. The normalized spacial score (nSPS) is 17.6. The van der Waals surface area contributed by atoms with E-state index >= 15 is 0 Å². The van der Waals surface area contributed by atoms with Crippen LogP contribution < -0.4 is 5.32 Å². The highest BCUT2D eigenvalue weighted by molar-refractivity contribution is 7.13. The van der Waals surface area contributed by atoms with Gasteiger partial charge >= 0.3 is 0 Å². The largest absolute Gasteiger partial charge is 0.371 e. The number of rotatable bonds is 3. The van der Waals surface area contributed by atoms with Gasteiger partial charge in [-0.05, 0) is 36.6 Å². The fourth-order valence-corrected chi connectivity index (χ4v) is 3.26. The molecule has 2 aromatic rings. The van der Waals surface area contributed by atoms with E-state index in [9.17, 15) is 4.79 Å². The first-order valence-corrected chi connectivity index (χ1v) is 7.60. The lowest BCUT2D eigenvalue weighted by Crippen LogP contribution is -2.31. The zero-order chi connectivity index (χ0) is 13.9. The molecule has 20 heavy (non-hydrogen) atoms. The second-order valence-electron chi connectivity index (χ2n) is 4.93. The molecule has 0 aliphatic carbocycles. The van der Waals surface area contributed by atoms with Gasteiger partial charge in [0.05, 0.1) is 11.5 Å². The number of hydrogen-bond acceptors (Lipinski definition) is 3. The summed E-state index contributed by atoms with van der Waals surface area (Å²) in [6.45, 7) is 3.24. The number of amides is 1. The van der Waals surface area contributed by atoms with E-state index in [1.54, 1.807) is 0 Å². The number of thiophene rings is 1. The molecule has 0 spiro atoms. The van der Waals surface area contributed by atoms with Gasteiger partial charge in [-0.2, -0.15) is 0 Å². The first-order chi connectivity index (χ1) is 9.74. The molecule has 1 aliphatic heterocycles. The van der Waals surface area contributed by atoms with Crippen LogP contribution >= 0.6 is 11.3 Å². The number of benzene rings is 1. The first kappa shape index (κ1) is 13.3. The summed E-state index contributed by atoms with van der Waals surface area (Å²) >= 11 is 1.52. The molecule has 3 nitrogen and oxygen atoms in total. The van der Waals surface area contributed by atoms with Gasteiger partial charge in [0, 0.05) is 11.4 Å². The molecule has 1 amide bonds. The van der Waals surface area contributed by atoms with Crippen molar-refractivity contribution in [2.24, 2.45) is 0 Å². The van der Waals surface area contributed by atoms with Gasteiger partial charge in [0.1, 0.15) is 6.10 Å². The van der Waals surface area contributed by atoms with Crippen LogP contribution in [-0.2, 0) is 11.2 Å². The summed E-state index contributed by atoms with van der Waals surface area (Å²) in [6.07, 6.45) is 0.912. The number of ether oxygens (including phenoxy) is 1. The Bertz CT molecular complexity index is 620. The number of aryl methyl sites for hydroxylation is 1. The summed E-state index contributed by atoms with van der Waals surface area (Å²) in [6, 6.07) is 12.1. The van der Waals surface area contributed by atoms with E-state index in [1.807, 2.05) is 31.2 Å². The van der Waals surface area contributed by atoms with E-state index in [2.05, 4.69) is 17.4 Å². The number of fused-ring (bicyclic) bond motifs is 1. The predicted molar refractivity (Wildman–Crippen MR) is 80.2 cm³/mol. The number of nitrogens with one attached hydrogen (secondary N) is 1. The molecule has 1 aromatic heterocycles. The summed E-state index contributed by atoms with van der Waals surface area (Å²) in [5, 5.41) is 2.97. The summed E-state index contributed by atoms with van der Waals surface area (Å²) < 4.78 is 5.78. The minimum Gasteiger partial charge on any atom is -0.371 e. The van der Waals surface area contributed by atoms with Crippen molar-refractivity contribution >= 4 is 17.2 Å². The van der Waals surface area contributed by atoms with Crippen molar-refractivity contribution < 1.29 is 9.53 Å². The molecule has 0 fully saturated rings. The van der Waals surface area contributed by atoms with Crippen molar-refractivity contribution in [3.8, 4) is 0 Å². The lowest BCUT2D eigenvalue weighted by atomic mass is 9.97. The molecule has 1 atom stereocenters. The van der Waals surface area contributed by atoms with Crippen LogP contribution in [0.15, 0.2) is 36.4 Å². The number of hydrogen-bond donors (Lipinski definition) is 1. The summed E-state index contributed by atoms with van der Waals surface area (Å²) in [4.78, 5) is 14.0. The van der Waals surface area contributed by atoms with E-state index < -0.39 is 0 Å². The lowest BCUT2D eigenvalue weighted by Gasteiger charge is -2.26. The summed E-state index contributed by atoms with van der Waals surface area (Å²) in [7, 11) is 0. The topological polar surface area (TPSA) is 38.3 Å². The monoisotopic (exact) mass is 287 g/mol. The van der Waals surface area contributed by atoms with E-state index in [1.165, 1.54) is 22.5 Å². The van der Waals surface area contributed by atoms with E-state index in [0.29, 0.717) is 6.54 Å². The average molecular weight is 287 g/mol. The van der Waals surface area contributed by atoms with Gasteiger partial charge < -0.3 is 10.1 Å². The highest BCUT2D eigenvalue weighted by Gasteiger charge is 2.21. The van der Waals surface area contributed by atoms with E-state index in [-0.39, 0.29) is 12.0 Å². The molecule has 0 radical (unpaired) electrons. The van der Waals surface area contributed by atoms with Crippen LogP contribution in [0.3, 0.4) is 0 Å². The van der Waals surface area contributed by atoms with Crippen molar-refractivity contribution in [3.63, 3.8) is 0 Å². The van der Waals surface area contributed by atoms with Crippen LogP contribution in [0.25, 0.3) is 0 Å². The van der Waals surface area contributed by atoms with Crippen molar-refractivity contribution in [2.45, 2.75) is 19.4 Å². The minimum atomic E-state index is -0.0371. The number of carbonyl (C=O) groups excluding carboxylic acids is 1. The Morgan fingerprint density at radius 2 is 2.20 bits per heavy atom. The smallest absolute Gasteiger partial charge is 0.261 e. The van der Waals surface area contributed by atoms with Crippen LogP contribution in [0.5, 0.6) is 0 Å². The van der Waals surface area contributed by atoms with Gasteiger partial charge in [0.2, 0.25) is 0 Å². The van der Waals surface area contributed by atoms with E-state index in [0.717, 1.165) is 22.8 Å². The molecule has 1 N–H and O–H groups in total. The van der Waals surface area contributed by atoms with Crippen LogP contribution in [0.2, 0.25) is 0 Å².